The summed E-state index contributed by atoms with van der Waals surface area (Å²) in [6, 6.07) is 9.29. The van der Waals surface area contributed by atoms with Crippen LogP contribution < -0.4 is 19.7 Å². The third-order valence-corrected chi connectivity index (χ3v) is 4.75. The van der Waals surface area contributed by atoms with E-state index in [0.717, 1.165) is 16.9 Å². The summed E-state index contributed by atoms with van der Waals surface area (Å²) in [4.78, 5) is 38.5. The average Bonchev–Trinajstić information content (AvgIpc) is 2.71. The number of urea groups is 1. The number of carbonyl (C=O) groups is 3. The highest BCUT2D eigenvalue weighted by atomic mass is 35.5. The first-order chi connectivity index (χ1) is 13.9. The minimum absolute atomic E-state index is 0.201. The van der Waals surface area contributed by atoms with Crippen LogP contribution in [0.4, 0.5) is 10.5 Å². The van der Waals surface area contributed by atoms with E-state index in [-0.39, 0.29) is 10.6 Å². The van der Waals surface area contributed by atoms with Gasteiger partial charge in [0, 0.05) is 0 Å². The number of carbonyl (C=O) groups excluding carboxylic acids is 3. The molecule has 0 bridgehead atoms. The van der Waals surface area contributed by atoms with Crippen LogP contribution in [0.3, 0.4) is 0 Å². The van der Waals surface area contributed by atoms with Gasteiger partial charge in [-0.25, -0.2) is 9.69 Å². The van der Waals surface area contributed by atoms with Gasteiger partial charge in [0.2, 0.25) is 0 Å². The molecule has 1 fully saturated rings. The number of ether oxygens (including phenoxy) is 2. The van der Waals surface area contributed by atoms with Crippen molar-refractivity contribution in [3.8, 4) is 11.5 Å². The maximum atomic E-state index is 13.0. The summed E-state index contributed by atoms with van der Waals surface area (Å²) in [5.74, 6) is -0.830. The quantitative estimate of drug-likeness (QED) is 0.597. The summed E-state index contributed by atoms with van der Waals surface area (Å²) in [5, 5.41) is 2.45. The maximum absolute atomic E-state index is 13.0. The van der Waals surface area contributed by atoms with Gasteiger partial charge in [-0.1, -0.05) is 30.7 Å². The predicted molar refractivity (Wildman–Crippen MR) is 109 cm³/mol. The van der Waals surface area contributed by atoms with Crippen molar-refractivity contribution in [3.05, 3.63) is 58.1 Å². The first-order valence-electron chi connectivity index (χ1n) is 8.81. The average molecular weight is 415 g/mol. The molecule has 150 valence electrons. The fraction of sp³-hybridized carbons (Fsp3) is 0.190. The summed E-state index contributed by atoms with van der Waals surface area (Å²) >= 11 is 6.20. The molecule has 0 radical (unpaired) electrons. The topological polar surface area (TPSA) is 84.9 Å². The Labute approximate surface area is 172 Å². The molecule has 4 amide bonds. The molecule has 3 rings (SSSR count). The molecule has 7 nitrogen and oxygen atoms in total. The second-order valence-corrected chi connectivity index (χ2v) is 6.62. The summed E-state index contributed by atoms with van der Waals surface area (Å²) < 4.78 is 10.4. The van der Waals surface area contributed by atoms with E-state index in [4.69, 9.17) is 21.1 Å². The van der Waals surface area contributed by atoms with Crippen LogP contribution in [0.5, 0.6) is 11.5 Å². The molecule has 1 N–H and O–H groups in total. The molecule has 0 aromatic heterocycles. The maximum Gasteiger partial charge on any atom is 0.335 e. The number of hydrogen-bond acceptors (Lipinski definition) is 5. The van der Waals surface area contributed by atoms with E-state index in [1.807, 2.05) is 19.1 Å². The van der Waals surface area contributed by atoms with E-state index < -0.39 is 17.8 Å². The third kappa shape index (κ3) is 3.95. The molecule has 1 heterocycles. The lowest BCUT2D eigenvalue weighted by Gasteiger charge is -2.26. The number of aryl methyl sites for hydroxylation is 1. The summed E-state index contributed by atoms with van der Waals surface area (Å²) in [6.07, 6.45) is 2.18. The van der Waals surface area contributed by atoms with Crippen molar-refractivity contribution in [2.75, 3.05) is 19.1 Å². The number of anilines is 1. The Hall–Kier alpha value is -3.32. The number of hydrogen-bond donors (Lipinski definition) is 1. The zero-order chi connectivity index (χ0) is 21.1. The molecule has 29 heavy (non-hydrogen) atoms. The van der Waals surface area contributed by atoms with Gasteiger partial charge in [-0.2, -0.15) is 0 Å². The highest BCUT2D eigenvalue weighted by Gasteiger charge is 2.36. The van der Waals surface area contributed by atoms with Gasteiger partial charge >= 0.3 is 6.03 Å². The molecule has 0 saturated carbocycles. The van der Waals surface area contributed by atoms with Crippen molar-refractivity contribution in [1.82, 2.24) is 5.32 Å². The van der Waals surface area contributed by atoms with Crippen LogP contribution in [0.2, 0.25) is 5.02 Å². The number of amides is 4. The second-order valence-electron chi connectivity index (χ2n) is 6.22. The normalized spacial score (nSPS) is 15.5. The molecule has 0 aliphatic carbocycles. The Morgan fingerprint density at radius 3 is 2.34 bits per heavy atom. The van der Waals surface area contributed by atoms with Crippen molar-refractivity contribution in [1.29, 1.82) is 0 Å². The Morgan fingerprint density at radius 2 is 1.76 bits per heavy atom. The SMILES string of the molecule is CCc1ccc(N2C(=O)NC(=O)/C(=C/c3cc(Cl)c(OC)c(OC)c3)C2=O)cc1. The zero-order valence-electron chi connectivity index (χ0n) is 16.1. The predicted octanol–water partition coefficient (Wildman–Crippen LogP) is 3.59. The van der Waals surface area contributed by atoms with E-state index >= 15 is 0 Å². The van der Waals surface area contributed by atoms with Crippen molar-refractivity contribution in [2.45, 2.75) is 13.3 Å². The van der Waals surface area contributed by atoms with Crippen molar-refractivity contribution in [3.63, 3.8) is 0 Å². The summed E-state index contributed by atoms with van der Waals surface area (Å²) in [5.41, 5.74) is 1.67. The summed E-state index contributed by atoms with van der Waals surface area (Å²) in [6.45, 7) is 2.00. The molecule has 0 atom stereocenters. The minimum atomic E-state index is -0.799. The van der Waals surface area contributed by atoms with E-state index in [0.29, 0.717) is 22.7 Å². The highest BCUT2D eigenvalue weighted by molar-refractivity contribution is 6.39. The van der Waals surface area contributed by atoms with E-state index in [1.165, 1.54) is 26.4 Å². The van der Waals surface area contributed by atoms with Gasteiger partial charge in [-0.3, -0.25) is 14.9 Å². The molecule has 0 unspecified atom stereocenters. The molecule has 1 aliphatic rings. The number of barbiturate groups is 1. The van der Waals surface area contributed by atoms with Crippen molar-refractivity contribution >= 4 is 41.2 Å². The van der Waals surface area contributed by atoms with E-state index in [2.05, 4.69) is 5.32 Å². The first kappa shape index (κ1) is 20.4. The second kappa shape index (κ2) is 8.36. The molecule has 8 heteroatoms. The Bertz CT molecular complexity index is 1010. The van der Waals surface area contributed by atoms with Crippen LogP contribution >= 0.6 is 11.6 Å². The Morgan fingerprint density at radius 1 is 1.07 bits per heavy atom. The highest BCUT2D eigenvalue weighted by Crippen LogP contribution is 2.36. The molecular weight excluding hydrogens is 396 g/mol. The van der Waals surface area contributed by atoms with Crippen molar-refractivity contribution < 1.29 is 23.9 Å². The Balaban J connectivity index is 2.02. The zero-order valence-corrected chi connectivity index (χ0v) is 16.9. The molecule has 2 aromatic carbocycles. The number of nitrogens with zero attached hydrogens (tertiary/aromatic N) is 1. The summed E-state index contributed by atoms with van der Waals surface area (Å²) in [7, 11) is 2.90. The first-order valence-corrected chi connectivity index (χ1v) is 9.19. The molecular formula is C21H19ClN2O5. The standard InChI is InChI=1S/C21H19ClN2O5/c1-4-12-5-7-14(8-6-12)24-20(26)15(19(25)23-21(24)27)9-13-10-16(22)18(29-3)17(11-13)28-2/h5-11H,4H2,1-3H3,(H,23,25,27)/b15-9-. The monoisotopic (exact) mass is 414 g/mol. The molecule has 1 aliphatic heterocycles. The van der Waals surface area contributed by atoms with Crippen LogP contribution in [-0.4, -0.2) is 32.1 Å². The third-order valence-electron chi connectivity index (χ3n) is 4.47. The van der Waals surface area contributed by atoms with Gasteiger partial charge in [0.25, 0.3) is 11.8 Å². The van der Waals surface area contributed by atoms with Crippen LogP contribution in [-0.2, 0) is 16.0 Å². The lowest BCUT2D eigenvalue weighted by molar-refractivity contribution is -0.122. The van der Waals surface area contributed by atoms with Crippen LogP contribution in [0.15, 0.2) is 42.0 Å². The van der Waals surface area contributed by atoms with Gasteiger partial charge in [0.15, 0.2) is 11.5 Å². The Kier molecular flexibility index (Phi) is 5.89. The number of rotatable bonds is 5. The van der Waals surface area contributed by atoms with E-state index in [9.17, 15) is 14.4 Å². The lowest BCUT2D eigenvalue weighted by atomic mass is 10.1. The minimum Gasteiger partial charge on any atom is -0.493 e. The number of nitrogens with one attached hydrogen (secondary N) is 1. The fourth-order valence-corrected chi connectivity index (χ4v) is 3.26. The van der Waals surface area contributed by atoms with Crippen LogP contribution in [0.25, 0.3) is 6.08 Å². The van der Waals surface area contributed by atoms with Gasteiger partial charge < -0.3 is 9.47 Å². The fourth-order valence-electron chi connectivity index (χ4n) is 2.96. The molecule has 1 saturated heterocycles. The number of benzene rings is 2. The number of halogens is 1. The number of imide groups is 2. The van der Waals surface area contributed by atoms with Crippen molar-refractivity contribution in [2.24, 2.45) is 0 Å². The van der Waals surface area contributed by atoms with Gasteiger partial charge in [0.1, 0.15) is 5.57 Å². The smallest absolute Gasteiger partial charge is 0.335 e. The van der Waals surface area contributed by atoms with Crippen LogP contribution in [0.1, 0.15) is 18.1 Å². The lowest BCUT2D eigenvalue weighted by Crippen LogP contribution is -2.54. The largest absolute Gasteiger partial charge is 0.493 e. The van der Waals surface area contributed by atoms with Gasteiger partial charge in [0.05, 0.1) is 24.9 Å². The van der Waals surface area contributed by atoms with Gasteiger partial charge in [-0.15, -0.1) is 0 Å². The van der Waals surface area contributed by atoms with Crippen LogP contribution in [0, 0.1) is 0 Å². The van der Waals surface area contributed by atoms with E-state index in [1.54, 1.807) is 18.2 Å². The molecule has 0 spiro atoms. The van der Waals surface area contributed by atoms with Gasteiger partial charge in [-0.05, 0) is 47.9 Å². The molecule has 2 aromatic rings. The number of methoxy groups -OCH3 is 2.